The van der Waals surface area contributed by atoms with Gasteiger partial charge in [-0.05, 0) is 12.1 Å². The standard InChI is InChI=1S/C11H10N6O/c12-9-8-10(14-5-13-8)17-11(16-9)15-6-2-1-3-7(18)4-6/h1-5,18H,(H4,12,13,14,15,16,17). The van der Waals surface area contributed by atoms with Gasteiger partial charge in [-0.3, -0.25) is 0 Å². The van der Waals surface area contributed by atoms with E-state index in [9.17, 15) is 5.11 Å². The molecule has 0 aliphatic heterocycles. The van der Waals surface area contributed by atoms with Gasteiger partial charge in [0.2, 0.25) is 5.95 Å². The highest BCUT2D eigenvalue weighted by Gasteiger charge is 2.07. The first-order valence-corrected chi connectivity index (χ1v) is 5.25. The van der Waals surface area contributed by atoms with Gasteiger partial charge in [-0.25, -0.2) is 4.98 Å². The van der Waals surface area contributed by atoms with E-state index in [-0.39, 0.29) is 5.75 Å². The van der Waals surface area contributed by atoms with E-state index < -0.39 is 0 Å². The number of hydrogen-bond acceptors (Lipinski definition) is 6. The Morgan fingerprint density at radius 3 is 3.00 bits per heavy atom. The molecule has 7 nitrogen and oxygen atoms in total. The van der Waals surface area contributed by atoms with Crippen LogP contribution in [0.1, 0.15) is 0 Å². The van der Waals surface area contributed by atoms with Crippen molar-refractivity contribution in [2.24, 2.45) is 0 Å². The molecule has 0 aliphatic carbocycles. The first kappa shape index (κ1) is 10.3. The molecular formula is C11H10N6O. The van der Waals surface area contributed by atoms with Crippen LogP contribution in [0.3, 0.4) is 0 Å². The van der Waals surface area contributed by atoms with Crippen molar-refractivity contribution in [1.29, 1.82) is 0 Å². The summed E-state index contributed by atoms with van der Waals surface area (Å²) in [5.41, 5.74) is 7.54. The summed E-state index contributed by atoms with van der Waals surface area (Å²) in [6.07, 6.45) is 1.51. The topological polar surface area (TPSA) is 113 Å². The van der Waals surface area contributed by atoms with Gasteiger partial charge in [0.15, 0.2) is 11.5 Å². The Balaban J connectivity index is 1.99. The van der Waals surface area contributed by atoms with Crippen molar-refractivity contribution in [2.75, 3.05) is 11.1 Å². The molecule has 7 heteroatoms. The molecule has 0 fully saturated rings. The minimum Gasteiger partial charge on any atom is -0.508 e. The van der Waals surface area contributed by atoms with Crippen LogP contribution in [0.4, 0.5) is 17.5 Å². The molecule has 0 amide bonds. The zero-order valence-electron chi connectivity index (χ0n) is 9.25. The van der Waals surface area contributed by atoms with Crippen molar-refractivity contribution in [3.63, 3.8) is 0 Å². The second-order valence-corrected chi connectivity index (χ2v) is 3.71. The normalized spacial score (nSPS) is 10.7. The van der Waals surface area contributed by atoms with Crippen molar-refractivity contribution in [3.05, 3.63) is 30.6 Å². The number of nitrogens with zero attached hydrogens (tertiary/aromatic N) is 3. The second kappa shape index (κ2) is 3.88. The van der Waals surface area contributed by atoms with Gasteiger partial charge in [-0.1, -0.05) is 6.07 Å². The molecular weight excluding hydrogens is 232 g/mol. The summed E-state index contributed by atoms with van der Waals surface area (Å²) in [6.45, 7) is 0. The molecule has 0 atom stereocenters. The summed E-state index contributed by atoms with van der Waals surface area (Å²) in [5.74, 6) is 0.812. The lowest BCUT2D eigenvalue weighted by Crippen LogP contribution is -2.01. The number of imidazole rings is 1. The molecule has 0 aliphatic rings. The van der Waals surface area contributed by atoms with Crippen molar-refractivity contribution >= 4 is 28.6 Å². The average Bonchev–Trinajstić information content (AvgIpc) is 2.77. The number of rotatable bonds is 2. The fraction of sp³-hybridized carbons (Fsp3) is 0. The summed E-state index contributed by atoms with van der Waals surface area (Å²) in [6, 6.07) is 6.65. The summed E-state index contributed by atoms with van der Waals surface area (Å²) in [4.78, 5) is 15.2. The lowest BCUT2D eigenvalue weighted by molar-refractivity contribution is 0.475. The second-order valence-electron chi connectivity index (χ2n) is 3.71. The Morgan fingerprint density at radius 2 is 2.17 bits per heavy atom. The largest absolute Gasteiger partial charge is 0.508 e. The van der Waals surface area contributed by atoms with Crippen LogP contribution < -0.4 is 11.1 Å². The smallest absolute Gasteiger partial charge is 0.231 e. The molecule has 2 aromatic heterocycles. The van der Waals surface area contributed by atoms with Crippen molar-refractivity contribution in [3.8, 4) is 5.75 Å². The number of anilines is 3. The number of nitrogens with two attached hydrogens (primary N) is 1. The van der Waals surface area contributed by atoms with E-state index in [4.69, 9.17) is 5.73 Å². The van der Waals surface area contributed by atoms with E-state index in [0.29, 0.717) is 28.6 Å². The quantitative estimate of drug-likeness (QED) is 0.540. The number of aromatic nitrogens is 4. The lowest BCUT2D eigenvalue weighted by Gasteiger charge is -2.05. The molecule has 3 aromatic rings. The van der Waals surface area contributed by atoms with Gasteiger partial charge >= 0.3 is 0 Å². The molecule has 3 rings (SSSR count). The van der Waals surface area contributed by atoms with Crippen LogP contribution in [0.5, 0.6) is 5.75 Å². The fourth-order valence-corrected chi connectivity index (χ4v) is 1.62. The zero-order valence-corrected chi connectivity index (χ0v) is 9.25. The third-order valence-corrected chi connectivity index (χ3v) is 2.42. The van der Waals surface area contributed by atoms with Gasteiger partial charge in [0.25, 0.3) is 0 Å². The van der Waals surface area contributed by atoms with Gasteiger partial charge in [0, 0.05) is 11.8 Å². The van der Waals surface area contributed by atoms with Gasteiger partial charge in [-0.2, -0.15) is 9.97 Å². The summed E-state index contributed by atoms with van der Waals surface area (Å²) >= 11 is 0. The molecule has 0 radical (unpaired) electrons. The zero-order chi connectivity index (χ0) is 12.5. The molecule has 2 heterocycles. The monoisotopic (exact) mass is 242 g/mol. The van der Waals surface area contributed by atoms with E-state index in [1.165, 1.54) is 6.33 Å². The SMILES string of the molecule is Nc1nc(Nc2cccc(O)c2)nc2nc[nH]c12. The molecule has 0 spiro atoms. The van der Waals surface area contributed by atoms with Crippen molar-refractivity contribution in [1.82, 2.24) is 19.9 Å². The first-order valence-electron chi connectivity index (χ1n) is 5.25. The van der Waals surface area contributed by atoms with Crippen molar-refractivity contribution < 1.29 is 5.11 Å². The number of aromatic amines is 1. The van der Waals surface area contributed by atoms with Gasteiger partial charge in [-0.15, -0.1) is 0 Å². The molecule has 1 aromatic carbocycles. The number of benzene rings is 1. The summed E-state index contributed by atoms with van der Waals surface area (Å²) < 4.78 is 0. The van der Waals surface area contributed by atoms with E-state index in [2.05, 4.69) is 25.3 Å². The van der Waals surface area contributed by atoms with E-state index in [1.54, 1.807) is 24.3 Å². The molecule has 5 N–H and O–H groups in total. The lowest BCUT2D eigenvalue weighted by atomic mass is 10.3. The average molecular weight is 242 g/mol. The number of H-pyrrole nitrogens is 1. The molecule has 0 unspecified atom stereocenters. The van der Waals surface area contributed by atoms with Crippen LogP contribution in [0.2, 0.25) is 0 Å². The molecule has 90 valence electrons. The van der Waals surface area contributed by atoms with Crippen LogP contribution in [0, 0.1) is 0 Å². The third-order valence-electron chi connectivity index (χ3n) is 2.42. The van der Waals surface area contributed by atoms with E-state index in [1.807, 2.05) is 0 Å². The summed E-state index contributed by atoms with van der Waals surface area (Å²) in [7, 11) is 0. The van der Waals surface area contributed by atoms with Crippen molar-refractivity contribution in [2.45, 2.75) is 0 Å². The first-order chi connectivity index (χ1) is 8.72. The van der Waals surface area contributed by atoms with Crippen LogP contribution in [0.25, 0.3) is 11.2 Å². The van der Waals surface area contributed by atoms with E-state index in [0.717, 1.165) is 0 Å². The maximum absolute atomic E-state index is 9.36. The molecule has 0 saturated carbocycles. The van der Waals surface area contributed by atoms with Crippen LogP contribution in [-0.2, 0) is 0 Å². The summed E-state index contributed by atoms with van der Waals surface area (Å²) in [5, 5.41) is 12.3. The number of fused-ring (bicyclic) bond motifs is 1. The minimum absolute atomic E-state index is 0.161. The number of phenolic OH excluding ortho intramolecular Hbond substituents is 1. The maximum atomic E-state index is 9.36. The number of nitrogens with one attached hydrogen (secondary N) is 2. The molecule has 18 heavy (non-hydrogen) atoms. The van der Waals surface area contributed by atoms with Crippen LogP contribution in [0.15, 0.2) is 30.6 Å². The van der Waals surface area contributed by atoms with Gasteiger partial charge in [0.1, 0.15) is 11.3 Å². The number of hydrogen-bond donors (Lipinski definition) is 4. The maximum Gasteiger partial charge on any atom is 0.231 e. The number of phenols is 1. The number of aromatic hydroxyl groups is 1. The van der Waals surface area contributed by atoms with Gasteiger partial charge in [0.05, 0.1) is 6.33 Å². The number of nitrogen functional groups attached to an aromatic ring is 1. The predicted octanol–water partition coefficient (Wildman–Crippen LogP) is 1.38. The Labute approximate surface area is 102 Å². The highest BCUT2D eigenvalue weighted by atomic mass is 16.3. The Morgan fingerprint density at radius 1 is 1.28 bits per heavy atom. The van der Waals surface area contributed by atoms with Crippen LogP contribution in [-0.4, -0.2) is 25.0 Å². The van der Waals surface area contributed by atoms with Gasteiger partial charge < -0.3 is 21.1 Å². The fourth-order valence-electron chi connectivity index (χ4n) is 1.62. The Hall–Kier alpha value is -2.83. The highest BCUT2D eigenvalue weighted by molar-refractivity contribution is 5.82. The van der Waals surface area contributed by atoms with Crippen LogP contribution >= 0.6 is 0 Å². The minimum atomic E-state index is 0.161. The third kappa shape index (κ3) is 1.77. The Kier molecular flexibility index (Phi) is 2.23. The predicted molar refractivity (Wildman–Crippen MR) is 67.5 cm³/mol. The highest BCUT2D eigenvalue weighted by Crippen LogP contribution is 2.21. The van der Waals surface area contributed by atoms with E-state index >= 15 is 0 Å². The molecule has 0 bridgehead atoms. The molecule has 0 saturated heterocycles. The Bertz CT molecular complexity index is 708.